The van der Waals surface area contributed by atoms with Crippen LogP contribution in [-0.4, -0.2) is 24.9 Å². The Morgan fingerprint density at radius 1 is 1.29 bits per heavy atom. The molecule has 0 saturated carbocycles. The fourth-order valence-electron chi connectivity index (χ4n) is 2.35. The lowest BCUT2D eigenvalue weighted by Crippen LogP contribution is -2.14. The minimum Gasteiger partial charge on any atom is -0.396 e. The van der Waals surface area contributed by atoms with Crippen LogP contribution in [0.2, 0.25) is 5.02 Å². The van der Waals surface area contributed by atoms with Gasteiger partial charge in [-0.25, -0.2) is 0 Å². The summed E-state index contributed by atoms with van der Waals surface area (Å²) in [6, 6.07) is 6.32. The summed E-state index contributed by atoms with van der Waals surface area (Å²) in [5, 5.41) is 9.68. The van der Waals surface area contributed by atoms with Crippen LogP contribution in [0.4, 0.5) is 0 Å². The second-order valence-corrected chi connectivity index (χ2v) is 4.98. The Kier molecular flexibility index (Phi) is 4.84. The highest BCUT2D eigenvalue weighted by Crippen LogP contribution is 2.32. The fourth-order valence-corrected chi connectivity index (χ4v) is 2.71. The number of hydrogen-bond acceptors (Lipinski definition) is 2. The van der Waals surface area contributed by atoms with Gasteiger partial charge in [0.05, 0.1) is 0 Å². The molecule has 0 amide bonds. The molecule has 94 valence electrons. The summed E-state index contributed by atoms with van der Waals surface area (Å²) < 4.78 is 5.37. The van der Waals surface area contributed by atoms with Gasteiger partial charge in [0.1, 0.15) is 0 Å². The van der Waals surface area contributed by atoms with Gasteiger partial charge in [-0.1, -0.05) is 23.7 Å². The van der Waals surface area contributed by atoms with E-state index in [1.54, 1.807) is 0 Å². The maximum absolute atomic E-state index is 8.81. The summed E-state index contributed by atoms with van der Waals surface area (Å²) in [5.41, 5.74) is 2.46. The molecule has 3 heteroatoms. The molecule has 0 spiro atoms. The average Bonchev–Trinajstić information content (AvgIpc) is 2.37. The smallest absolute Gasteiger partial charge is 0.0471 e. The maximum Gasteiger partial charge on any atom is 0.0471 e. The molecule has 1 aliphatic heterocycles. The number of benzene rings is 1. The first kappa shape index (κ1) is 12.9. The van der Waals surface area contributed by atoms with Crippen LogP contribution in [0.3, 0.4) is 0 Å². The fraction of sp³-hybridized carbons (Fsp3) is 0.571. The highest BCUT2D eigenvalue weighted by Gasteiger charge is 2.18. The monoisotopic (exact) mass is 254 g/mol. The van der Waals surface area contributed by atoms with E-state index in [9.17, 15) is 0 Å². The highest BCUT2D eigenvalue weighted by atomic mass is 35.5. The molecular formula is C14H19ClO2. The van der Waals surface area contributed by atoms with Gasteiger partial charge in [-0.15, -0.1) is 0 Å². The van der Waals surface area contributed by atoms with Gasteiger partial charge in [0.15, 0.2) is 0 Å². The van der Waals surface area contributed by atoms with Crippen molar-refractivity contribution in [3.05, 3.63) is 34.3 Å². The van der Waals surface area contributed by atoms with E-state index < -0.39 is 0 Å². The predicted molar refractivity (Wildman–Crippen MR) is 69.7 cm³/mol. The zero-order chi connectivity index (χ0) is 12.1. The van der Waals surface area contributed by atoms with Crippen molar-refractivity contribution in [1.82, 2.24) is 0 Å². The zero-order valence-corrected chi connectivity index (χ0v) is 10.7. The molecule has 1 saturated heterocycles. The zero-order valence-electron chi connectivity index (χ0n) is 9.99. The quantitative estimate of drug-likeness (QED) is 0.895. The minimum absolute atomic E-state index is 0.235. The van der Waals surface area contributed by atoms with Crippen molar-refractivity contribution in [2.45, 2.75) is 31.6 Å². The Hall–Kier alpha value is -0.570. The molecule has 0 aliphatic carbocycles. The van der Waals surface area contributed by atoms with Crippen LogP contribution < -0.4 is 0 Å². The largest absolute Gasteiger partial charge is 0.396 e. The van der Waals surface area contributed by atoms with E-state index in [0.717, 1.165) is 43.9 Å². The lowest BCUT2D eigenvalue weighted by Gasteiger charge is -2.23. The summed E-state index contributed by atoms with van der Waals surface area (Å²) in [4.78, 5) is 0. The molecule has 1 fully saturated rings. The second-order valence-electron chi connectivity index (χ2n) is 4.57. The van der Waals surface area contributed by atoms with E-state index in [1.807, 2.05) is 6.07 Å². The molecule has 1 aromatic rings. The van der Waals surface area contributed by atoms with Crippen molar-refractivity contribution < 1.29 is 9.84 Å². The standard InChI is InChI=1S/C14H19ClO2/c15-14-10-11(2-1-7-16)3-4-13(14)12-5-8-17-9-6-12/h3-4,10,12,16H,1-2,5-9H2. The first-order valence-corrected chi connectivity index (χ1v) is 6.66. The van der Waals surface area contributed by atoms with E-state index >= 15 is 0 Å². The Labute approximate surface area is 108 Å². The Balaban J connectivity index is 2.07. The minimum atomic E-state index is 0.235. The molecule has 0 aromatic heterocycles. The van der Waals surface area contributed by atoms with Crippen molar-refractivity contribution in [2.24, 2.45) is 0 Å². The number of aliphatic hydroxyl groups is 1. The highest BCUT2D eigenvalue weighted by molar-refractivity contribution is 6.31. The van der Waals surface area contributed by atoms with Crippen LogP contribution in [0.5, 0.6) is 0 Å². The molecule has 1 aliphatic rings. The van der Waals surface area contributed by atoms with Crippen LogP contribution in [0.25, 0.3) is 0 Å². The third-order valence-electron chi connectivity index (χ3n) is 3.35. The third-order valence-corrected chi connectivity index (χ3v) is 3.68. The summed E-state index contributed by atoms with van der Waals surface area (Å²) >= 11 is 6.34. The van der Waals surface area contributed by atoms with E-state index in [1.165, 1.54) is 11.1 Å². The van der Waals surface area contributed by atoms with E-state index in [-0.39, 0.29) is 6.61 Å². The van der Waals surface area contributed by atoms with Crippen molar-refractivity contribution in [2.75, 3.05) is 19.8 Å². The molecule has 17 heavy (non-hydrogen) atoms. The SMILES string of the molecule is OCCCc1ccc(C2CCOCC2)c(Cl)c1. The number of aliphatic hydroxyl groups excluding tert-OH is 1. The Morgan fingerprint density at radius 3 is 2.71 bits per heavy atom. The lowest BCUT2D eigenvalue weighted by atomic mass is 9.91. The Bertz CT molecular complexity index is 359. The second kappa shape index (κ2) is 6.39. The normalized spacial score (nSPS) is 17.3. The van der Waals surface area contributed by atoms with Crippen molar-refractivity contribution >= 4 is 11.6 Å². The molecule has 0 unspecified atom stereocenters. The lowest BCUT2D eigenvalue weighted by molar-refractivity contribution is 0.0853. The summed E-state index contributed by atoms with van der Waals surface area (Å²) in [6.07, 6.45) is 3.82. The molecule has 1 heterocycles. The molecule has 1 N–H and O–H groups in total. The summed E-state index contributed by atoms with van der Waals surface area (Å²) in [7, 11) is 0. The van der Waals surface area contributed by atoms with Gasteiger partial charge in [-0.3, -0.25) is 0 Å². The van der Waals surface area contributed by atoms with Crippen molar-refractivity contribution in [1.29, 1.82) is 0 Å². The van der Waals surface area contributed by atoms with Gasteiger partial charge in [0.2, 0.25) is 0 Å². The first-order valence-electron chi connectivity index (χ1n) is 6.28. The van der Waals surface area contributed by atoms with E-state index in [2.05, 4.69) is 12.1 Å². The average molecular weight is 255 g/mol. The van der Waals surface area contributed by atoms with Gasteiger partial charge in [0.25, 0.3) is 0 Å². The number of ether oxygens (including phenoxy) is 1. The van der Waals surface area contributed by atoms with Crippen LogP contribution in [0.15, 0.2) is 18.2 Å². The van der Waals surface area contributed by atoms with Crippen molar-refractivity contribution in [3.8, 4) is 0 Å². The molecule has 2 nitrogen and oxygen atoms in total. The van der Waals surface area contributed by atoms with Crippen molar-refractivity contribution in [3.63, 3.8) is 0 Å². The van der Waals surface area contributed by atoms with Gasteiger partial charge in [-0.05, 0) is 48.8 Å². The van der Waals surface area contributed by atoms with Crippen LogP contribution in [0, 0.1) is 0 Å². The van der Waals surface area contributed by atoms with Crippen LogP contribution in [0.1, 0.15) is 36.3 Å². The Morgan fingerprint density at radius 2 is 2.06 bits per heavy atom. The first-order chi connectivity index (χ1) is 8.31. The summed E-state index contributed by atoms with van der Waals surface area (Å²) in [6.45, 7) is 1.92. The molecule has 0 bridgehead atoms. The van der Waals surface area contributed by atoms with Gasteiger partial charge < -0.3 is 9.84 Å². The molecule has 2 rings (SSSR count). The van der Waals surface area contributed by atoms with Crippen LogP contribution >= 0.6 is 11.6 Å². The van der Waals surface area contributed by atoms with Gasteiger partial charge >= 0.3 is 0 Å². The number of aryl methyl sites for hydroxylation is 1. The van der Waals surface area contributed by atoms with E-state index in [4.69, 9.17) is 21.4 Å². The third kappa shape index (κ3) is 3.44. The molecular weight excluding hydrogens is 236 g/mol. The van der Waals surface area contributed by atoms with E-state index in [0.29, 0.717) is 5.92 Å². The topological polar surface area (TPSA) is 29.5 Å². The molecule has 1 aromatic carbocycles. The van der Waals surface area contributed by atoms with Gasteiger partial charge in [-0.2, -0.15) is 0 Å². The number of rotatable bonds is 4. The predicted octanol–water partition coefficient (Wildman–Crippen LogP) is 3.16. The molecule has 0 atom stereocenters. The summed E-state index contributed by atoms with van der Waals surface area (Å²) in [5.74, 6) is 0.545. The molecule has 0 radical (unpaired) electrons. The van der Waals surface area contributed by atoms with Crippen LogP contribution in [-0.2, 0) is 11.2 Å². The number of hydrogen-bond donors (Lipinski definition) is 1. The van der Waals surface area contributed by atoms with Gasteiger partial charge in [0, 0.05) is 24.8 Å². The number of halogens is 1. The maximum atomic E-state index is 8.81.